The summed E-state index contributed by atoms with van der Waals surface area (Å²) in [6, 6.07) is 26.5. The maximum atomic E-state index is 9.05. The van der Waals surface area contributed by atoms with Crippen LogP contribution < -0.4 is 0 Å². The first-order chi connectivity index (χ1) is 20.5. The summed E-state index contributed by atoms with van der Waals surface area (Å²) in [5.74, 6) is 1.18. The molecule has 0 aliphatic rings. The van der Waals surface area contributed by atoms with E-state index in [0.717, 1.165) is 25.2 Å². The summed E-state index contributed by atoms with van der Waals surface area (Å²) in [5.41, 5.74) is 6.97. The normalized spacial score (nSPS) is 11.2. The Kier molecular flexibility index (Phi) is 24.7. The van der Waals surface area contributed by atoms with E-state index in [1.54, 1.807) is 12.1 Å². The Morgan fingerprint density at radius 1 is 0.562 bits per heavy atom. The maximum Gasteiger partial charge on any atom is 0.115 e. The standard InChI is InChI=1S/C13H17N.C11H16O.C11H16.C8H18.FH.W.Y/c1-13(2,3)8-10-9-14-12-7-5-4-6-11(10)12;1-11(2,3)8-9-4-6-10(12)7-5-9;1-11(2,3)9-10-7-5-4-6-8-10;1-7(2)6-8(3,4)5;;;/h4-7,9,14H,8H2,1-3H3;4-7,12H,8H2,1-3H3;4-8H,9H2,1-3H3;7H,6H2,1-5H3;1H;;. The molecule has 1 aromatic heterocycles. The van der Waals surface area contributed by atoms with E-state index in [1.165, 1.54) is 34.0 Å². The number of aromatic nitrogens is 1. The van der Waals surface area contributed by atoms with Gasteiger partial charge in [-0.25, -0.2) is 0 Å². The number of benzene rings is 3. The molecule has 5 heteroatoms. The minimum Gasteiger partial charge on any atom is -0.508 e. The topological polar surface area (TPSA) is 36.0 Å². The first kappa shape index (κ1) is 51.1. The Morgan fingerprint density at radius 3 is 1.38 bits per heavy atom. The summed E-state index contributed by atoms with van der Waals surface area (Å²) in [6.07, 6.45) is 6.79. The largest absolute Gasteiger partial charge is 0.508 e. The van der Waals surface area contributed by atoms with E-state index >= 15 is 0 Å². The van der Waals surface area contributed by atoms with Crippen molar-refractivity contribution in [1.82, 2.24) is 4.98 Å². The Labute approximate surface area is 334 Å². The van der Waals surface area contributed by atoms with E-state index in [9.17, 15) is 0 Å². The fourth-order valence-electron chi connectivity index (χ4n) is 5.51. The number of nitrogens with one attached hydrogen (secondary N) is 1. The van der Waals surface area contributed by atoms with Crippen LogP contribution >= 0.6 is 0 Å². The molecular weight excluding hydrogens is 838 g/mol. The molecule has 267 valence electrons. The predicted octanol–water partition coefficient (Wildman–Crippen LogP) is 13.2. The summed E-state index contributed by atoms with van der Waals surface area (Å²) in [7, 11) is 0. The van der Waals surface area contributed by atoms with Crippen molar-refractivity contribution < 1.29 is 63.6 Å². The molecule has 4 aromatic rings. The smallest absolute Gasteiger partial charge is 0.115 e. The van der Waals surface area contributed by atoms with Crippen molar-refractivity contribution >= 4 is 10.9 Å². The van der Waals surface area contributed by atoms with Gasteiger partial charge in [0.05, 0.1) is 0 Å². The first-order valence-corrected chi connectivity index (χ1v) is 16.9. The zero-order valence-electron chi connectivity index (χ0n) is 32.8. The van der Waals surface area contributed by atoms with E-state index in [4.69, 9.17) is 5.11 Å². The van der Waals surface area contributed by atoms with Gasteiger partial charge in [0.25, 0.3) is 0 Å². The van der Waals surface area contributed by atoms with Crippen molar-refractivity contribution in [3.63, 3.8) is 0 Å². The Morgan fingerprint density at radius 2 is 0.979 bits per heavy atom. The minimum absolute atomic E-state index is 0. The van der Waals surface area contributed by atoms with Gasteiger partial charge in [-0.1, -0.05) is 158 Å². The third kappa shape index (κ3) is 26.6. The molecule has 0 amide bonds. The van der Waals surface area contributed by atoms with Gasteiger partial charge in [-0.15, -0.1) is 0 Å². The maximum absolute atomic E-state index is 9.05. The number of phenolic OH excluding ortho intramolecular Hbond substituents is 1. The van der Waals surface area contributed by atoms with Gasteiger partial charge < -0.3 is 10.1 Å². The molecule has 0 spiro atoms. The first-order valence-electron chi connectivity index (χ1n) is 16.9. The molecule has 0 saturated heterocycles. The van der Waals surface area contributed by atoms with Crippen LogP contribution in [-0.4, -0.2) is 10.1 Å². The molecule has 0 aliphatic heterocycles. The predicted molar refractivity (Wildman–Crippen MR) is 204 cm³/mol. The number of aromatic amines is 1. The average molecular weight is 907 g/mol. The van der Waals surface area contributed by atoms with Crippen LogP contribution in [0.25, 0.3) is 10.9 Å². The number of para-hydroxylation sites is 1. The molecule has 48 heavy (non-hydrogen) atoms. The minimum atomic E-state index is 0. The van der Waals surface area contributed by atoms with Crippen LogP contribution in [0.2, 0.25) is 0 Å². The van der Waals surface area contributed by atoms with Gasteiger partial charge in [-0.3, -0.25) is 4.70 Å². The molecule has 0 unspecified atom stereocenters. The van der Waals surface area contributed by atoms with E-state index in [1.807, 2.05) is 12.1 Å². The van der Waals surface area contributed by atoms with Crippen molar-refractivity contribution in [3.8, 4) is 5.75 Å². The van der Waals surface area contributed by atoms with Gasteiger partial charge in [0.1, 0.15) is 5.75 Å². The third-order valence-corrected chi connectivity index (χ3v) is 6.66. The number of phenols is 1. The third-order valence-electron chi connectivity index (χ3n) is 6.66. The van der Waals surface area contributed by atoms with Gasteiger partial charge in [0.2, 0.25) is 0 Å². The number of aromatic hydroxyl groups is 1. The molecule has 2 nitrogen and oxygen atoms in total. The van der Waals surface area contributed by atoms with Crippen molar-refractivity contribution in [3.05, 3.63) is 102 Å². The molecule has 3 aromatic carbocycles. The average Bonchev–Trinajstić information content (AvgIpc) is 3.25. The van der Waals surface area contributed by atoms with Crippen molar-refractivity contribution in [1.29, 1.82) is 0 Å². The van der Waals surface area contributed by atoms with E-state index in [2.05, 4.69) is 163 Å². The molecule has 1 radical (unpaired) electrons. The second-order valence-electron chi connectivity index (χ2n) is 17.9. The van der Waals surface area contributed by atoms with Crippen LogP contribution in [0.4, 0.5) is 4.70 Å². The van der Waals surface area contributed by atoms with Crippen LogP contribution in [0, 0.1) is 27.6 Å². The number of halogens is 1. The van der Waals surface area contributed by atoms with E-state index in [-0.39, 0.29) is 58.5 Å². The van der Waals surface area contributed by atoms with Crippen LogP contribution in [0.1, 0.15) is 120 Å². The van der Waals surface area contributed by atoms with E-state index < -0.39 is 0 Å². The van der Waals surface area contributed by atoms with Crippen molar-refractivity contribution in [2.24, 2.45) is 27.6 Å². The molecule has 0 saturated carbocycles. The summed E-state index contributed by atoms with van der Waals surface area (Å²) >= 11 is 0. The zero-order chi connectivity index (χ0) is 34.5. The van der Waals surface area contributed by atoms with Gasteiger partial charge in [0, 0.05) is 70.9 Å². The molecule has 0 atom stereocenters. The summed E-state index contributed by atoms with van der Waals surface area (Å²) in [4.78, 5) is 3.31. The van der Waals surface area contributed by atoms with Crippen LogP contribution in [0.5, 0.6) is 5.75 Å². The second-order valence-corrected chi connectivity index (χ2v) is 17.9. The fraction of sp³-hybridized carbons (Fsp3) is 0.535. The van der Waals surface area contributed by atoms with Crippen molar-refractivity contribution in [2.45, 2.75) is 123 Å². The van der Waals surface area contributed by atoms with Crippen LogP contribution in [0.15, 0.2) is 85.1 Å². The SMILES string of the molecule is CC(C)(C)Cc1c[nH]c2ccccc12.CC(C)(C)Cc1ccc(O)cc1.CC(C)(C)Cc1ccccc1.CC(C)CC(C)(C)C.F.[W].[Y]. The Balaban J connectivity index is -0.000000561. The summed E-state index contributed by atoms with van der Waals surface area (Å²) < 4.78 is 0. The number of hydrogen-bond donors (Lipinski definition) is 2. The van der Waals surface area contributed by atoms with Crippen molar-refractivity contribution in [2.75, 3.05) is 0 Å². The summed E-state index contributed by atoms with van der Waals surface area (Å²) in [6.45, 7) is 31.6. The molecule has 4 rings (SSSR count). The fourth-order valence-corrected chi connectivity index (χ4v) is 5.51. The monoisotopic (exact) mass is 906 g/mol. The van der Waals surface area contributed by atoms with Crippen LogP contribution in [-0.2, 0) is 73.0 Å². The molecular formula is C43H68FNOWY. The molecule has 1 heterocycles. The number of rotatable bonds is 4. The molecule has 0 aliphatic carbocycles. The molecule has 2 N–H and O–H groups in total. The number of hydrogen-bond acceptors (Lipinski definition) is 1. The quantitative estimate of drug-likeness (QED) is 0.210. The Bertz CT molecular complexity index is 1350. The van der Waals surface area contributed by atoms with E-state index in [0.29, 0.717) is 27.4 Å². The van der Waals surface area contributed by atoms with Gasteiger partial charge >= 0.3 is 0 Å². The van der Waals surface area contributed by atoms with Gasteiger partial charge in [-0.05, 0) is 88.2 Å². The van der Waals surface area contributed by atoms with Crippen LogP contribution in [0.3, 0.4) is 0 Å². The summed E-state index contributed by atoms with van der Waals surface area (Å²) in [5, 5.41) is 10.4. The van der Waals surface area contributed by atoms with Gasteiger partial charge in [-0.2, -0.15) is 0 Å². The Hall–Kier alpha value is -1.28. The zero-order valence-corrected chi connectivity index (χ0v) is 38.6. The second kappa shape index (κ2) is 23.2. The molecule has 0 fully saturated rings. The number of fused-ring (bicyclic) bond motifs is 1. The number of H-pyrrole nitrogens is 1. The van der Waals surface area contributed by atoms with Gasteiger partial charge in [0.15, 0.2) is 0 Å². The molecule has 0 bridgehead atoms.